The minimum Gasteiger partial charge on any atom is -0.494 e. The van der Waals surface area contributed by atoms with Crippen molar-refractivity contribution >= 4 is 36.7 Å². The van der Waals surface area contributed by atoms with Gasteiger partial charge in [-0.2, -0.15) is 0 Å². The molecule has 2 aromatic carbocycles. The molecule has 0 fully saturated rings. The predicted molar refractivity (Wildman–Crippen MR) is 126 cm³/mol. The van der Waals surface area contributed by atoms with E-state index in [1.807, 2.05) is 12.1 Å². The lowest BCUT2D eigenvalue weighted by atomic mass is 10.2. The zero-order valence-electron chi connectivity index (χ0n) is 19.1. The summed E-state index contributed by atoms with van der Waals surface area (Å²) in [5.41, 5.74) is 3.64. The number of carbonyl (C=O) groups is 2. The van der Waals surface area contributed by atoms with Crippen molar-refractivity contribution in [2.24, 2.45) is 0 Å². The van der Waals surface area contributed by atoms with Gasteiger partial charge in [-0.15, -0.1) is 0 Å². The number of ketones is 1. The summed E-state index contributed by atoms with van der Waals surface area (Å²) in [6, 6.07) is 8.88. The van der Waals surface area contributed by atoms with Gasteiger partial charge in [0.15, 0.2) is 11.5 Å². The van der Waals surface area contributed by atoms with E-state index < -0.39 is 25.9 Å². The second-order valence-electron chi connectivity index (χ2n) is 8.14. The molecule has 0 saturated heterocycles. The zero-order valence-corrected chi connectivity index (χ0v) is 20.1. The quantitative estimate of drug-likeness (QED) is 0.494. The average molecular weight is 468 g/mol. The summed E-state index contributed by atoms with van der Waals surface area (Å²) < 4.78 is 27.5. The maximum atomic E-state index is 12.8. The summed E-state index contributed by atoms with van der Waals surface area (Å²) in [7, 11) is 2.76. The van der Waals surface area contributed by atoms with Gasteiger partial charge in [0, 0.05) is 0 Å². The van der Waals surface area contributed by atoms with Gasteiger partial charge < -0.3 is 29.0 Å². The van der Waals surface area contributed by atoms with E-state index in [9.17, 15) is 9.59 Å². The highest BCUT2D eigenvalue weighted by atomic mass is 28.3. The Morgan fingerprint density at radius 1 is 1.00 bits per heavy atom. The monoisotopic (exact) mass is 467 g/mol. The Bertz CT molecular complexity index is 1160. The second-order valence-corrected chi connectivity index (χ2v) is 12.5. The molecule has 0 saturated carbocycles. The summed E-state index contributed by atoms with van der Waals surface area (Å²) in [6.45, 7) is 4.46. The first kappa shape index (κ1) is 22.5. The molecule has 9 heteroatoms. The van der Waals surface area contributed by atoms with Crippen LogP contribution in [0.15, 0.2) is 48.1 Å². The van der Waals surface area contributed by atoms with Gasteiger partial charge in [-0.05, 0) is 35.0 Å². The van der Waals surface area contributed by atoms with Crippen LogP contribution in [0, 0.1) is 0 Å². The molecule has 1 unspecified atom stereocenters. The highest BCUT2D eigenvalue weighted by molar-refractivity contribution is 6.96. The average Bonchev–Trinajstić information content (AvgIpc) is 3.31. The van der Waals surface area contributed by atoms with E-state index in [4.69, 9.17) is 23.7 Å². The maximum absolute atomic E-state index is 12.8. The third kappa shape index (κ3) is 4.19. The minimum absolute atomic E-state index is 0.0733. The van der Waals surface area contributed by atoms with E-state index in [1.165, 1.54) is 19.4 Å². The van der Waals surface area contributed by atoms with Gasteiger partial charge in [-0.1, -0.05) is 30.9 Å². The van der Waals surface area contributed by atoms with Gasteiger partial charge in [0.25, 0.3) is 11.9 Å². The molecule has 0 aromatic heterocycles. The molecule has 2 aromatic rings. The largest absolute Gasteiger partial charge is 0.494 e. The molecule has 1 amide bonds. The molecule has 0 aliphatic carbocycles. The van der Waals surface area contributed by atoms with Crippen molar-refractivity contribution in [1.29, 1.82) is 0 Å². The Morgan fingerprint density at radius 3 is 2.30 bits per heavy atom. The molecule has 33 heavy (non-hydrogen) atoms. The third-order valence-corrected chi connectivity index (χ3v) is 8.41. The molecular weight excluding hydrogens is 442 g/mol. The fraction of sp³-hybridized carbons (Fsp3) is 0.250. The van der Waals surface area contributed by atoms with E-state index in [-0.39, 0.29) is 5.95 Å². The number of hydrogen-bond donors (Lipinski definition) is 1. The van der Waals surface area contributed by atoms with Gasteiger partial charge >= 0.3 is 0 Å². The van der Waals surface area contributed by atoms with Crippen LogP contribution in [0.5, 0.6) is 23.0 Å². The highest BCUT2D eigenvalue weighted by Gasteiger charge is 2.37. The molecule has 0 bridgehead atoms. The first-order valence-electron chi connectivity index (χ1n) is 10.3. The van der Waals surface area contributed by atoms with Crippen LogP contribution in [0.3, 0.4) is 0 Å². The van der Waals surface area contributed by atoms with Gasteiger partial charge in [-0.25, -0.2) is 0 Å². The molecule has 2 aliphatic rings. The SMILES string of the molecule is COc1cc2c(cc1OC1=CC(=O)C(C(=O)Nc3c(OC)cccc3OC)O1)[Si](C)(C)C=C2. The molecule has 1 N–H and O–H groups in total. The molecule has 0 spiro atoms. The van der Waals surface area contributed by atoms with Crippen LogP contribution in [0.4, 0.5) is 5.69 Å². The van der Waals surface area contributed by atoms with Crippen molar-refractivity contribution in [2.45, 2.75) is 19.2 Å². The van der Waals surface area contributed by atoms with Crippen LogP contribution in [0.1, 0.15) is 5.56 Å². The Morgan fingerprint density at radius 2 is 1.67 bits per heavy atom. The van der Waals surface area contributed by atoms with Crippen LogP contribution in [0.25, 0.3) is 6.08 Å². The molecular formula is C24H25NO7Si. The fourth-order valence-corrected chi connectivity index (χ4v) is 5.99. The molecule has 8 nitrogen and oxygen atoms in total. The van der Waals surface area contributed by atoms with Crippen LogP contribution in [-0.2, 0) is 14.3 Å². The summed E-state index contributed by atoms with van der Waals surface area (Å²) in [6.07, 6.45) is 1.86. The molecule has 1 atom stereocenters. The van der Waals surface area contributed by atoms with Gasteiger partial charge in [0.05, 0.1) is 27.4 Å². The normalized spacial score (nSPS) is 17.7. The number of nitrogens with one attached hydrogen (secondary N) is 1. The smallest absolute Gasteiger partial charge is 0.289 e. The number of methoxy groups -OCH3 is 3. The fourth-order valence-electron chi connectivity index (χ4n) is 3.81. The van der Waals surface area contributed by atoms with Gasteiger partial charge in [-0.3, -0.25) is 9.59 Å². The van der Waals surface area contributed by atoms with E-state index in [0.29, 0.717) is 28.7 Å². The lowest BCUT2D eigenvalue weighted by Gasteiger charge is -2.19. The lowest BCUT2D eigenvalue weighted by molar-refractivity contribution is -0.134. The number of ether oxygens (including phenoxy) is 5. The number of anilines is 1. The van der Waals surface area contributed by atoms with Crippen LogP contribution < -0.4 is 29.5 Å². The molecule has 2 aliphatic heterocycles. The standard InChI is InChI=1S/C24H25NO7Si/c1-28-16-7-6-8-17(29-2)22(16)25-24(27)23-15(26)12-21(32-23)31-19-13-20-14(11-18(19)30-3)9-10-33(20,4)5/h6-13,23H,1-5H3,(H,25,27). The minimum atomic E-state index is -1.72. The van der Waals surface area contributed by atoms with Crippen LogP contribution in [-0.4, -0.2) is 47.2 Å². The topological polar surface area (TPSA) is 92.3 Å². The molecule has 0 radical (unpaired) electrons. The summed E-state index contributed by atoms with van der Waals surface area (Å²) in [5, 5.41) is 3.85. The molecule has 4 rings (SSSR count). The van der Waals surface area contributed by atoms with E-state index in [0.717, 1.165) is 11.6 Å². The Balaban J connectivity index is 1.52. The predicted octanol–water partition coefficient (Wildman–Crippen LogP) is 3.02. The third-order valence-electron chi connectivity index (χ3n) is 5.59. The first-order valence-corrected chi connectivity index (χ1v) is 13.4. The van der Waals surface area contributed by atoms with E-state index in [2.05, 4.69) is 30.2 Å². The molecule has 172 valence electrons. The van der Waals surface area contributed by atoms with Crippen molar-refractivity contribution in [3.05, 3.63) is 53.6 Å². The van der Waals surface area contributed by atoms with E-state index in [1.54, 1.807) is 25.3 Å². The first-order chi connectivity index (χ1) is 15.8. The summed E-state index contributed by atoms with van der Waals surface area (Å²) in [5.74, 6) is 0.433. The van der Waals surface area contributed by atoms with Crippen molar-refractivity contribution in [2.75, 3.05) is 26.6 Å². The number of carbonyl (C=O) groups excluding carboxylic acids is 2. The zero-order chi connectivity index (χ0) is 23.8. The van der Waals surface area contributed by atoms with Crippen molar-refractivity contribution < 1.29 is 33.3 Å². The number of hydrogen-bond acceptors (Lipinski definition) is 7. The highest BCUT2D eigenvalue weighted by Crippen LogP contribution is 2.36. The second kappa shape index (κ2) is 8.66. The van der Waals surface area contributed by atoms with Crippen LogP contribution >= 0.6 is 0 Å². The Labute approximate surface area is 192 Å². The Hall–Kier alpha value is -3.72. The number of amides is 1. The van der Waals surface area contributed by atoms with E-state index >= 15 is 0 Å². The van der Waals surface area contributed by atoms with Gasteiger partial charge in [0.1, 0.15) is 25.3 Å². The number of benzene rings is 2. The van der Waals surface area contributed by atoms with Gasteiger partial charge in [0.2, 0.25) is 11.9 Å². The number of para-hydroxylation sites is 1. The van der Waals surface area contributed by atoms with Crippen molar-refractivity contribution in [3.8, 4) is 23.0 Å². The van der Waals surface area contributed by atoms with Crippen molar-refractivity contribution in [1.82, 2.24) is 0 Å². The lowest BCUT2D eigenvalue weighted by Crippen LogP contribution is -2.37. The number of fused-ring (bicyclic) bond motifs is 1. The maximum Gasteiger partial charge on any atom is 0.289 e. The molecule has 2 heterocycles. The van der Waals surface area contributed by atoms with Crippen LogP contribution in [0.2, 0.25) is 13.1 Å². The van der Waals surface area contributed by atoms with Crippen molar-refractivity contribution in [3.63, 3.8) is 0 Å². The summed E-state index contributed by atoms with van der Waals surface area (Å²) in [4.78, 5) is 25.4. The summed E-state index contributed by atoms with van der Waals surface area (Å²) >= 11 is 0. The Kier molecular flexibility index (Phi) is 5.90. The number of rotatable bonds is 7.